The molecule has 1 amide bonds. The molecule has 1 N–H and O–H groups in total. The van der Waals surface area contributed by atoms with Crippen LogP contribution in [0.4, 0.5) is 13.2 Å². The van der Waals surface area contributed by atoms with Crippen molar-refractivity contribution in [3.05, 3.63) is 24.3 Å². The molecule has 33 heavy (non-hydrogen) atoms. The highest BCUT2D eigenvalue weighted by atomic mass is 32.2. The largest absolute Gasteiger partial charge is 0.573 e. The molecule has 0 aliphatic carbocycles. The van der Waals surface area contributed by atoms with Gasteiger partial charge >= 0.3 is 6.36 Å². The van der Waals surface area contributed by atoms with Gasteiger partial charge in [-0.1, -0.05) is 6.92 Å². The quantitative estimate of drug-likeness (QED) is 0.604. The van der Waals surface area contributed by atoms with Crippen LogP contribution in [0.1, 0.15) is 39.0 Å². The predicted molar refractivity (Wildman–Crippen MR) is 117 cm³/mol. The fourth-order valence-electron chi connectivity index (χ4n) is 4.40. The number of sulfonamides is 1. The maximum atomic E-state index is 12.6. The molecule has 0 saturated carbocycles. The van der Waals surface area contributed by atoms with Crippen LogP contribution in [-0.2, 0) is 14.8 Å². The van der Waals surface area contributed by atoms with E-state index in [2.05, 4.69) is 21.3 Å². The summed E-state index contributed by atoms with van der Waals surface area (Å²) in [6, 6.07) is 3.93. The first-order chi connectivity index (χ1) is 15.5. The normalized spacial score (nSPS) is 21.2. The van der Waals surface area contributed by atoms with Crippen LogP contribution in [0.25, 0.3) is 0 Å². The third-order valence-corrected chi connectivity index (χ3v) is 7.74. The molecule has 2 aliphatic heterocycles. The Balaban J connectivity index is 1.44. The molecule has 3 rings (SSSR count). The summed E-state index contributed by atoms with van der Waals surface area (Å²) < 4.78 is 67.6. The maximum absolute atomic E-state index is 12.6. The molecule has 0 radical (unpaired) electrons. The monoisotopic (exact) mass is 491 g/mol. The lowest BCUT2D eigenvalue weighted by molar-refractivity contribution is -0.274. The summed E-state index contributed by atoms with van der Waals surface area (Å²) in [5.41, 5.74) is 0. The molecule has 2 heterocycles. The van der Waals surface area contributed by atoms with E-state index in [-0.39, 0.29) is 23.8 Å². The molecule has 1 unspecified atom stereocenters. The number of amides is 1. The van der Waals surface area contributed by atoms with E-state index < -0.39 is 22.1 Å². The zero-order valence-corrected chi connectivity index (χ0v) is 19.6. The summed E-state index contributed by atoms with van der Waals surface area (Å²) in [6.07, 6.45) is -0.350. The van der Waals surface area contributed by atoms with Gasteiger partial charge in [-0.05, 0) is 74.9 Å². The summed E-state index contributed by atoms with van der Waals surface area (Å²) in [6.45, 7) is 6.79. The van der Waals surface area contributed by atoms with Crippen molar-refractivity contribution < 1.29 is 31.1 Å². The Labute approximate surface area is 193 Å². The highest BCUT2D eigenvalue weighted by Crippen LogP contribution is 2.24. The van der Waals surface area contributed by atoms with E-state index in [0.717, 1.165) is 62.7 Å². The topological polar surface area (TPSA) is 79.0 Å². The van der Waals surface area contributed by atoms with Crippen LogP contribution < -0.4 is 9.46 Å². The summed E-state index contributed by atoms with van der Waals surface area (Å²) in [7, 11) is -3.95. The number of halogens is 3. The standard InChI is InChI=1S/C22H32F3N3O4S/c1-17-9-13-27(14-10-17)15-18-3-2-12-28(16-18)21(29)8-11-26-33(30,31)20-6-4-19(5-7-20)32-22(23,24)25/h4-7,17-18,26H,2-3,8-16H2,1H3. The van der Waals surface area contributed by atoms with Crippen molar-refractivity contribution >= 4 is 15.9 Å². The zero-order valence-electron chi connectivity index (χ0n) is 18.8. The molecule has 0 spiro atoms. The van der Waals surface area contributed by atoms with Gasteiger partial charge in [0.2, 0.25) is 15.9 Å². The number of rotatable bonds is 8. The fraction of sp³-hybridized carbons (Fsp3) is 0.682. The van der Waals surface area contributed by atoms with E-state index >= 15 is 0 Å². The van der Waals surface area contributed by atoms with Gasteiger partial charge < -0.3 is 14.5 Å². The van der Waals surface area contributed by atoms with E-state index in [9.17, 15) is 26.4 Å². The first kappa shape index (κ1) is 25.8. The predicted octanol–water partition coefficient (Wildman–Crippen LogP) is 3.22. The minimum Gasteiger partial charge on any atom is -0.406 e. The number of nitrogens with zero attached hydrogens (tertiary/aromatic N) is 2. The van der Waals surface area contributed by atoms with Crippen LogP contribution in [0.2, 0.25) is 0 Å². The summed E-state index contributed by atoms with van der Waals surface area (Å²) in [4.78, 5) is 16.7. The van der Waals surface area contributed by atoms with Crippen molar-refractivity contribution in [1.29, 1.82) is 0 Å². The Morgan fingerprint density at radius 1 is 1.12 bits per heavy atom. The number of alkyl halides is 3. The smallest absolute Gasteiger partial charge is 0.406 e. The van der Waals surface area contributed by atoms with Crippen molar-refractivity contribution in [1.82, 2.24) is 14.5 Å². The zero-order chi connectivity index (χ0) is 24.1. The molecule has 2 aliphatic rings. The van der Waals surface area contributed by atoms with E-state index in [0.29, 0.717) is 19.0 Å². The molecule has 1 aromatic carbocycles. The van der Waals surface area contributed by atoms with Gasteiger partial charge in [0.05, 0.1) is 4.90 Å². The van der Waals surface area contributed by atoms with Crippen LogP contribution in [0.5, 0.6) is 5.75 Å². The van der Waals surface area contributed by atoms with Crippen molar-refractivity contribution in [2.24, 2.45) is 11.8 Å². The molecular formula is C22H32F3N3O4S. The van der Waals surface area contributed by atoms with E-state index in [4.69, 9.17) is 0 Å². The SMILES string of the molecule is CC1CCN(CC2CCCN(C(=O)CCNS(=O)(=O)c3ccc(OC(F)(F)F)cc3)C2)CC1. The van der Waals surface area contributed by atoms with Gasteiger partial charge in [0.1, 0.15) is 5.75 Å². The average molecular weight is 492 g/mol. The van der Waals surface area contributed by atoms with Gasteiger partial charge in [0.15, 0.2) is 0 Å². The van der Waals surface area contributed by atoms with Crippen LogP contribution in [0.15, 0.2) is 29.2 Å². The summed E-state index contributed by atoms with van der Waals surface area (Å²) in [5, 5.41) is 0. The lowest BCUT2D eigenvalue weighted by Gasteiger charge is -2.38. The Morgan fingerprint density at radius 3 is 2.42 bits per heavy atom. The minimum atomic E-state index is -4.85. The molecule has 2 saturated heterocycles. The van der Waals surface area contributed by atoms with Crippen molar-refractivity contribution in [3.8, 4) is 5.75 Å². The molecule has 1 aromatic rings. The second kappa shape index (κ2) is 11.1. The van der Waals surface area contributed by atoms with Crippen LogP contribution in [0, 0.1) is 11.8 Å². The van der Waals surface area contributed by atoms with Gasteiger partial charge in [-0.3, -0.25) is 4.79 Å². The highest BCUT2D eigenvalue weighted by Gasteiger charge is 2.31. The minimum absolute atomic E-state index is 0.0302. The van der Waals surface area contributed by atoms with Gasteiger partial charge in [-0.2, -0.15) is 0 Å². The van der Waals surface area contributed by atoms with Gasteiger partial charge in [-0.15, -0.1) is 13.2 Å². The molecular weight excluding hydrogens is 459 g/mol. The highest BCUT2D eigenvalue weighted by molar-refractivity contribution is 7.89. The van der Waals surface area contributed by atoms with E-state index in [1.165, 1.54) is 12.8 Å². The van der Waals surface area contributed by atoms with Crippen molar-refractivity contribution in [2.75, 3.05) is 39.3 Å². The lowest BCUT2D eigenvalue weighted by atomic mass is 9.94. The summed E-state index contributed by atoms with van der Waals surface area (Å²) in [5.74, 6) is 0.616. The molecule has 0 bridgehead atoms. The number of carbonyl (C=O) groups excluding carboxylic acids is 1. The van der Waals surface area contributed by atoms with Gasteiger partial charge in [0, 0.05) is 32.6 Å². The number of piperidine rings is 2. The Bertz CT molecular complexity index is 885. The van der Waals surface area contributed by atoms with Crippen molar-refractivity contribution in [3.63, 3.8) is 0 Å². The molecule has 186 valence electrons. The molecule has 1 atom stereocenters. The average Bonchev–Trinajstić information content (AvgIpc) is 2.75. The first-order valence-electron chi connectivity index (χ1n) is 11.4. The number of ether oxygens (including phenoxy) is 1. The van der Waals surface area contributed by atoms with Crippen LogP contribution in [-0.4, -0.2) is 69.8 Å². The van der Waals surface area contributed by atoms with Crippen LogP contribution >= 0.6 is 0 Å². The fourth-order valence-corrected chi connectivity index (χ4v) is 5.44. The third kappa shape index (κ3) is 8.15. The molecule has 2 fully saturated rings. The summed E-state index contributed by atoms with van der Waals surface area (Å²) >= 11 is 0. The van der Waals surface area contributed by atoms with Gasteiger partial charge in [-0.25, -0.2) is 13.1 Å². The number of likely N-dealkylation sites (tertiary alicyclic amines) is 2. The molecule has 11 heteroatoms. The first-order valence-corrected chi connectivity index (χ1v) is 12.9. The maximum Gasteiger partial charge on any atom is 0.573 e. The lowest BCUT2D eigenvalue weighted by Crippen LogP contribution is -2.45. The van der Waals surface area contributed by atoms with E-state index in [1.54, 1.807) is 0 Å². The molecule has 7 nitrogen and oxygen atoms in total. The second-order valence-corrected chi connectivity index (χ2v) is 10.8. The molecule has 0 aromatic heterocycles. The van der Waals surface area contributed by atoms with Crippen molar-refractivity contribution in [2.45, 2.75) is 50.3 Å². The Hall–Kier alpha value is -1.85. The van der Waals surface area contributed by atoms with Gasteiger partial charge in [0.25, 0.3) is 0 Å². The Kier molecular flexibility index (Phi) is 8.63. The Morgan fingerprint density at radius 2 is 1.79 bits per heavy atom. The van der Waals surface area contributed by atoms with Crippen LogP contribution in [0.3, 0.4) is 0 Å². The number of hydrogen-bond acceptors (Lipinski definition) is 5. The second-order valence-electron chi connectivity index (χ2n) is 9.00. The third-order valence-electron chi connectivity index (χ3n) is 6.26. The van der Waals surface area contributed by atoms with E-state index in [1.807, 2.05) is 4.90 Å². The number of carbonyl (C=O) groups is 1. The number of nitrogens with one attached hydrogen (secondary N) is 1. The number of benzene rings is 1. The number of hydrogen-bond donors (Lipinski definition) is 1.